The SMILES string of the molecule is C=c1c2c(c(=C)c3ccccc13)C(Nc1c(C)cc(C)cc1C)CC=C2C.Cc1cc(C)c(C)c(C)c1. The predicted molar refractivity (Wildman–Crippen MR) is 165 cm³/mol. The van der Waals surface area contributed by atoms with Gasteiger partial charge in [-0.3, -0.25) is 0 Å². The molecule has 1 aliphatic rings. The van der Waals surface area contributed by atoms with Crippen LogP contribution >= 0.6 is 0 Å². The lowest BCUT2D eigenvalue weighted by Gasteiger charge is -2.29. The van der Waals surface area contributed by atoms with Crippen LogP contribution in [0, 0.1) is 48.5 Å². The van der Waals surface area contributed by atoms with Crippen molar-refractivity contribution in [1.29, 1.82) is 0 Å². The van der Waals surface area contributed by atoms with Gasteiger partial charge in [0.1, 0.15) is 0 Å². The van der Waals surface area contributed by atoms with Crippen LogP contribution in [0.4, 0.5) is 5.69 Å². The van der Waals surface area contributed by atoms with E-state index in [0.717, 1.165) is 16.9 Å². The minimum Gasteiger partial charge on any atom is -0.377 e. The molecule has 0 aliphatic heterocycles. The molecule has 1 nitrogen and oxygen atoms in total. The molecular formula is C36H41N. The molecule has 0 saturated heterocycles. The molecule has 0 heterocycles. The van der Waals surface area contributed by atoms with Gasteiger partial charge in [-0.15, -0.1) is 0 Å². The van der Waals surface area contributed by atoms with Crippen LogP contribution in [0.2, 0.25) is 0 Å². The molecule has 1 aliphatic carbocycles. The molecule has 4 aromatic carbocycles. The highest BCUT2D eigenvalue weighted by Crippen LogP contribution is 2.34. The molecule has 0 fully saturated rings. The molecule has 0 amide bonds. The van der Waals surface area contributed by atoms with E-state index in [0.29, 0.717) is 0 Å². The minimum atomic E-state index is 0.210. The van der Waals surface area contributed by atoms with E-state index in [1.54, 1.807) is 0 Å². The highest BCUT2D eigenvalue weighted by atomic mass is 14.9. The average Bonchev–Trinajstić information content (AvgIpc) is 2.84. The summed E-state index contributed by atoms with van der Waals surface area (Å²) in [5.74, 6) is 0. The molecule has 0 bridgehead atoms. The van der Waals surface area contributed by atoms with Crippen molar-refractivity contribution < 1.29 is 0 Å². The van der Waals surface area contributed by atoms with Gasteiger partial charge in [-0.05, 0) is 128 Å². The van der Waals surface area contributed by atoms with Crippen LogP contribution in [-0.4, -0.2) is 0 Å². The lowest BCUT2D eigenvalue weighted by Crippen LogP contribution is -2.29. The van der Waals surface area contributed by atoms with Gasteiger partial charge >= 0.3 is 0 Å². The molecule has 1 N–H and O–H groups in total. The molecule has 0 aromatic heterocycles. The van der Waals surface area contributed by atoms with E-state index in [-0.39, 0.29) is 6.04 Å². The largest absolute Gasteiger partial charge is 0.377 e. The fraction of sp³-hybridized carbons (Fsp3) is 0.278. The van der Waals surface area contributed by atoms with Gasteiger partial charge in [-0.2, -0.15) is 0 Å². The number of hydrogen-bond donors (Lipinski definition) is 1. The quantitative estimate of drug-likeness (QED) is 0.299. The second-order valence-corrected chi connectivity index (χ2v) is 10.9. The predicted octanol–water partition coefficient (Wildman–Crippen LogP) is 8.47. The van der Waals surface area contributed by atoms with Gasteiger partial charge in [0.25, 0.3) is 0 Å². The Balaban J connectivity index is 0.000000270. The maximum absolute atomic E-state index is 4.49. The smallest absolute Gasteiger partial charge is 0.0560 e. The number of benzene rings is 4. The monoisotopic (exact) mass is 487 g/mol. The van der Waals surface area contributed by atoms with Gasteiger partial charge in [-0.25, -0.2) is 0 Å². The third kappa shape index (κ3) is 5.14. The van der Waals surface area contributed by atoms with Crippen LogP contribution in [0.1, 0.15) is 69.5 Å². The van der Waals surface area contributed by atoms with Gasteiger partial charge in [0.15, 0.2) is 0 Å². The van der Waals surface area contributed by atoms with Gasteiger partial charge in [-0.1, -0.05) is 78.9 Å². The van der Waals surface area contributed by atoms with Crippen LogP contribution in [0.25, 0.3) is 29.5 Å². The number of rotatable bonds is 2. The van der Waals surface area contributed by atoms with E-state index in [2.05, 4.69) is 128 Å². The summed E-state index contributed by atoms with van der Waals surface area (Å²) in [5, 5.41) is 8.50. The van der Waals surface area contributed by atoms with Crippen LogP contribution in [0.3, 0.4) is 0 Å². The zero-order chi connectivity index (χ0) is 27.0. The minimum absolute atomic E-state index is 0.210. The highest BCUT2D eigenvalue weighted by Gasteiger charge is 2.24. The highest BCUT2D eigenvalue weighted by molar-refractivity contribution is 5.90. The lowest BCUT2D eigenvalue weighted by molar-refractivity contribution is 0.776. The zero-order valence-corrected chi connectivity index (χ0v) is 23.9. The Morgan fingerprint density at radius 2 is 1.16 bits per heavy atom. The van der Waals surface area contributed by atoms with Crippen LogP contribution < -0.4 is 15.8 Å². The van der Waals surface area contributed by atoms with Gasteiger partial charge in [0, 0.05) is 5.69 Å². The molecule has 0 saturated carbocycles. The van der Waals surface area contributed by atoms with Gasteiger partial charge in [0.2, 0.25) is 0 Å². The second-order valence-electron chi connectivity index (χ2n) is 10.9. The molecule has 1 heteroatoms. The van der Waals surface area contributed by atoms with Crippen LogP contribution in [0.5, 0.6) is 0 Å². The first-order valence-electron chi connectivity index (χ1n) is 13.3. The van der Waals surface area contributed by atoms with Gasteiger partial charge < -0.3 is 5.32 Å². The number of fused-ring (bicyclic) bond motifs is 2. The maximum Gasteiger partial charge on any atom is 0.0560 e. The molecule has 0 radical (unpaired) electrons. The van der Waals surface area contributed by atoms with E-state index in [1.165, 1.54) is 72.1 Å². The van der Waals surface area contributed by atoms with E-state index >= 15 is 0 Å². The first kappa shape index (κ1) is 26.5. The molecule has 0 spiro atoms. The van der Waals surface area contributed by atoms with Gasteiger partial charge in [0.05, 0.1) is 6.04 Å². The first-order valence-corrected chi connectivity index (χ1v) is 13.3. The zero-order valence-electron chi connectivity index (χ0n) is 23.9. The summed E-state index contributed by atoms with van der Waals surface area (Å²) in [6, 6.07) is 17.7. The van der Waals surface area contributed by atoms with E-state index in [4.69, 9.17) is 0 Å². The maximum atomic E-state index is 4.49. The third-order valence-corrected chi connectivity index (χ3v) is 7.94. The fourth-order valence-electron chi connectivity index (χ4n) is 5.92. The normalized spacial score (nSPS) is 14.5. The molecule has 1 unspecified atom stereocenters. The standard InChI is InChI=1S/C26H27N.C10H14/c1-15-13-17(3)26(18(4)14-15)27-23-12-11-16(2)24-19(5)21-9-7-8-10-22(21)20(6)25(23)24;1-7-5-8(2)10(4)9(3)6-7/h7-11,13-14,23,27H,5-6,12H2,1-4H3;5-6H,1-4H3. The fourth-order valence-corrected chi connectivity index (χ4v) is 5.92. The Hall–Kier alpha value is -3.58. The first-order chi connectivity index (χ1) is 17.5. The van der Waals surface area contributed by atoms with Crippen LogP contribution in [-0.2, 0) is 0 Å². The summed E-state index contributed by atoms with van der Waals surface area (Å²) < 4.78 is 0. The Kier molecular flexibility index (Phi) is 7.46. The van der Waals surface area contributed by atoms with Crippen molar-refractivity contribution in [1.82, 2.24) is 0 Å². The summed E-state index contributed by atoms with van der Waals surface area (Å²) in [6.45, 7) is 26.3. The van der Waals surface area contributed by atoms with E-state index in [1.807, 2.05) is 0 Å². The molecule has 1 atom stereocenters. The molecule has 5 rings (SSSR count). The summed E-state index contributed by atoms with van der Waals surface area (Å²) in [5.41, 5.74) is 14.6. The second kappa shape index (κ2) is 10.4. The van der Waals surface area contributed by atoms with E-state index in [9.17, 15) is 0 Å². The Bertz CT molecular complexity index is 1590. The summed E-state index contributed by atoms with van der Waals surface area (Å²) >= 11 is 0. The van der Waals surface area contributed by atoms with Crippen molar-refractivity contribution >= 4 is 35.2 Å². The Morgan fingerprint density at radius 3 is 1.70 bits per heavy atom. The average molecular weight is 488 g/mol. The summed E-state index contributed by atoms with van der Waals surface area (Å²) in [7, 11) is 0. The third-order valence-electron chi connectivity index (χ3n) is 7.94. The molecular weight excluding hydrogens is 446 g/mol. The number of nitrogens with one attached hydrogen (secondary N) is 1. The molecule has 4 aromatic rings. The Morgan fingerprint density at radius 1 is 0.676 bits per heavy atom. The lowest BCUT2D eigenvalue weighted by atomic mass is 9.83. The number of hydrogen-bond acceptors (Lipinski definition) is 1. The van der Waals surface area contributed by atoms with Crippen molar-refractivity contribution in [2.24, 2.45) is 0 Å². The topological polar surface area (TPSA) is 12.0 Å². The number of allylic oxidation sites excluding steroid dienone is 1. The summed E-state index contributed by atoms with van der Waals surface area (Å²) in [4.78, 5) is 0. The van der Waals surface area contributed by atoms with E-state index < -0.39 is 0 Å². The van der Waals surface area contributed by atoms with Crippen molar-refractivity contribution in [2.75, 3.05) is 5.32 Å². The van der Waals surface area contributed by atoms with Crippen molar-refractivity contribution in [3.05, 3.63) is 115 Å². The van der Waals surface area contributed by atoms with Crippen molar-refractivity contribution in [3.63, 3.8) is 0 Å². The Labute approximate surface area is 223 Å². The molecule has 37 heavy (non-hydrogen) atoms. The summed E-state index contributed by atoms with van der Waals surface area (Å²) in [6.07, 6.45) is 3.30. The van der Waals surface area contributed by atoms with Crippen molar-refractivity contribution in [3.8, 4) is 0 Å². The van der Waals surface area contributed by atoms with Crippen molar-refractivity contribution in [2.45, 2.75) is 67.9 Å². The molecule has 190 valence electrons. The number of anilines is 1. The number of aryl methyl sites for hydroxylation is 6. The van der Waals surface area contributed by atoms with Crippen LogP contribution in [0.15, 0.2) is 54.6 Å².